The molecule has 22 heavy (non-hydrogen) atoms. The highest BCUT2D eigenvalue weighted by atomic mass is 35.5. The number of benzene rings is 1. The van der Waals surface area contributed by atoms with E-state index in [9.17, 15) is 8.42 Å². The van der Waals surface area contributed by atoms with E-state index in [1.807, 2.05) is 26.8 Å². The number of halogens is 1. The molecule has 1 heterocycles. The van der Waals surface area contributed by atoms with Gasteiger partial charge >= 0.3 is 0 Å². The number of hydrogen-bond acceptors (Lipinski definition) is 4. The topological polar surface area (TPSA) is 67.4 Å². The monoisotopic (exact) mass is 348 g/mol. The van der Waals surface area contributed by atoms with Gasteiger partial charge in [-0.15, -0.1) is 12.4 Å². The fourth-order valence-corrected chi connectivity index (χ4v) is 4.52. The molecule has 0 saturated carbocycles. The van der Waals surface area contributed by atoms with E-state index in [1.54, 1.807) is 6.07 Å². The minimum absolute atomic E-state index is 0. The van der Waals surface area contributed by atoms with Crippen molar-refractivity contribution in [3.63, 3.8) is 0 Å². The zero-order valence-electron chi connectivity index (χ0n) is 13.5. The fourth-order valence-electron chi connectivity index (χ4n) is 2.84. The number of sulfonamides is 1. The van der Waals surface area contributed by atoms with Crippen LogP contribution in [0.1, 0.15) is 30.9 Å². The van der Waals surface area contributed by atoms with Gasteiger partial charge in [0.05, 0.1) is 7.11 Å². The SMILES string of the molecule is COc1c(C)cc(C)cc1S(=O)(=O)NC1CCCNC1C.Cl. The molecular formula is C15H25ClN2O3S. The maximum atomic E-state index is 12.7. The molecule has 2 unspecified atom stereocenters. The number of methoxy groups -OCH3 is 1. The third-order valence-corrected chi connectivity index (χ3v) is 5.44. The largest absolute Gasteiger partial charge is 0.495 e. The van der Waals surface area contributed by atoms with E-state index in [4.69, 9.17) is 4.74 Å². The Kier molecular flexibility index (Phi) is 6.67. The molecule has 1 aliphatic rings. The third-order valence-electron chi connectivity index (χ3n) is 3.95. The van der Waals surface area contributed by atoms with Crippen LogP contribution in [0.3, 0.4) is 0 Å². The lowest BCUT2D eigenvalue weighted by Gasteiger charge is -2.30. The Bertz CT molecular complexity index is 619. The van der Waals surface area contributed by atoms with E-state index in [-0.39, 0.29) is 29.4 Å². The molecule has 0 bridgehead atoms. The lowest BCUT2D eigenvalue weighted by atomic mass is 10.0. The van der Waals surface area contributed by atoms with Gasteiger partial charge in [0.15, 0.2) is 0 Å². The molecule has 1 aromatic carbocycles. The van der Waals surface area contributed by atoms with Gasteiger partial charge in [0.1, 0.15) is 10.6 Å². The molecule has 1 aromatic rings. The van der Waals surface area contributed by atoms with Gasteiger partial charge in [-0.25, -0.2) is 13.1 Å². The summed E-state index contributed by atoms with van der Waals surface area (Å²) in [6.45, 7) is 6.68. The van der Waals surface area contributed by atoms with Crippen LogP contribution in [0.4, 0.5) is 0 Å². The Labute approximate surface area is 139 Å². The van der Waals surface area contributed by atoms with Crippen molar-refractivity contribution in [1.29, 1.82) is 0 Å². The van der Waals surface area contributed by atoms with Crippen molar-refractivity contribution >= 4 is 22.4 Å². The molecule has 0 amide bonds. The number of aryl methyl sites for hydroxylation is 2. The summed E-state index contributed by atoms with van der Waals surface area (Å²) in [5.74, 6) is 0.421. The number of rotatable bonds is 4. The summed E-state index contributed by atoms with van der Waals surface area (Å²) in [4.78, 5) is 0.222. The Morgan fingerprint density at radius 2 is 2.00 bits per heavy atom. The van der Waals surface area contributed by atoms with Gasteiger partial charge in [-0.2, -0.15) is 0 Å². The van der Waals surface area contributed by atoms with Crippen molar-refractivity contribution in [2.75, 3.05) is 13.7 Å². The number of ether oxygens (including phenoxy) is 1. The third kappa shape index (κ3) is 4.13. The quantitative estimate of drug-likeness (QED) is 0.875. The highest BCUT2D eigenvalue weighted by Gasteiger charge is 2.29. The molecule has 0 spiro atoms. The summed E-state index contributed by atoms with van der Waals surface area (Å²) in [6.07, 6.45) is 1.82. The van der Waals surface area contributed by atoms with Crippen LogP contribution in [0, 0.1) is 13.8 Å². The van der Waals surface area contributed by atoms with Gasteiger partial charge in [-0.3, -0.25) is 0 Å². The maximum absolute atomic E-state index is 12.7. The molecule has 5 nitrogen and oxygen atoms in total. The van der Waals surface area contributed by atoms with Crippen LogP contribution in [-0.4, -0.2) is 34.2 Å². The predicted molar refractivity (Wildman–Crippen MR) is 90.5 cm³/mol. The van der Waals surface area contributed by atoms with Crippen LogP contribution in [-0.2, 0) is 10.0 Å². The van der Waals surface area contributed by atoms with Gasteiger partial charge in [-0.05, 0) is 57.4 Å². The van der Waals surface area contributed by atoms with E-state index >= 15 is 0 Å². The van der Waals surface area contributed by atoms with Crippen LogP contribution in [0.5, 0.6) is 5.75 Å². The normalized spacial score (nSPS) is 22.0. The smallest absolute Gasteiger partial charge is 0.244 e. The van der Waals surface area contributed by atoms with E-state index in [0.29, 0.717) is 5.75 Å². The second kappa shape index (κ2) is 7.64. The molecule has 1 fully saturated rings. The molecule has 1 aliphatic heterocycles. The standard InChI is InChI=1S/C15H24N2O3S.ClH/c1-10-8-11(2)15(20-4)14(9-10)21(18,19)17-13-6-5-7-16-12(13)3;/h8-9,12-13,16-17H,5-7H2,1-4H3;1H. The molecule has 0 aliphatic carbocycles. The molecule has 0 aromatic heterocycles. The summed E-state index contributed by atoms with van der Waals surface area (Å²) >= 11 is 0. The van der Waals surface area contributed by atoms with E-state index < -0.39 is 10.0 Å². The zero-order valence-corrected chi connectivity index (χ0v) is 15.1. The second-order valence-corrected chi connectivity index (χ2v) is 7.41. The first-order chi connectivity index (χ1) is 9.85. The van der Waals surface area contributed by atoms with Crippen molar-refractivity contribution in [3.05, 3.63) is 23.3 Å². The van der Waals surface area contributed by atoms with Gasteiger partial charge in [0, 0.05) is 12.1 Å². The maximum Gasteiger partial charge on any atom is 0.244 e. The first-order valence-corrected chi connectivity index (χ1v) is 8.74. The summed E-state index contributed by atoms with van der Waals surface area (Å²) in [5, 5.41) is 3.30. The average Bonchev–Trinajstić information content (AvgIpc) is 2.40. The molecular weight excluding hydrogens is 324 g/mol. The summed E-state index contributed by atoms with van der Waals surface area (Å²) in [7, 11) is -2.09. The lowest BCUT2D eigenvalue weighted by Crippen LogP contribution is -2.51. The van der Waals surface area contributed by atoms with Gasteiger partial charge in [0.2, 0.25) is 10.0 Å². The number of piperidine rings is 1. The highest BCUT2D eigenvalue weighted by Crippen LogP contribution is 2.29. The zero-order chi connectivity index (χ0) is 15.6. The minimum atomic E-state index is -3.60. The summed E-state index contributed by atoms with van der Waals surface area (Å²) < 4.78 is 33.5. The molecule has 126 valence electrons. The number of hydrogen-bond donors (Lipinski definition) is 2. The van der Waals surface area contributed by atoms with Crippen molar-refractivity contribution in [2.45, 2.75) is 50.6 Å². The molecule has 1 saturated heterocycles. The van der Waals surface area contributed by atoms with Gasteiger partial charge < -0.3 is 10.1 Å². The Hall–Kier alpha value is -0.820. The molecule has 2 rings (SSSR count). The van der Waals surface area contributed by atoms with Crippen molar-refractivity contribution in [2.24, 2.45) is 0 Å². The summed E-state index contributed by atoms with van der Waals surface area (Å²) in [6, 6.07) is 3.62. The molecule has 7 heteroatoms. The molecule has 2 N–H and O–H groups in total. The average molecular weight is 349 g/mol. The van der Waals surface area contributed by atoms with Crippen LogP contribution in [0.2, 0.25) is 0 Å². The lowest BCUT2D eigenvalue weighted by molar-refractivity contribution is 0.347. The second-order valence-electron chi connectivity index (χ2n) is 5.73. The number of nitrogens with one attached hydrogen (secondary N) is 2. The first-order valence-electron chi connectivity index (χ1n) is 7.26. The van der Waals surface area contributed by atoms with Gasteiger partial charge in [0.25, 0.3) is 0 Å². The van der Waals surface area contributed by atoms with E-state index in [2.05, 4.69) is 10.0 Å². The molecule has 0 radical (unpaired) electrons. The summed E-state index contributed by atoms with van der Waals surface area (Å²) in [5.41, 5.74) is 1.73. The van der Waals surface area contributed by atoms with E-state index in [1.165, 1.54) is 7.11 Å². The minimum Gasteiger partial charge on any atom is -0.495 e. The van der Waals surface area contributed by atoms with Gasteiger partial charge in [-0.1, -0.05) is 6.07 Å². The fraction of sp³-hybridized carbons (Fsp3) is 0.600. The predicted octanol–water partition coefficient (Wildman–Crippen LogP) is 2.15. The Balaban J connectivity index is 0.00000242. The van der Waals surface area contributed by atoms with Crippen molar-refractivity contribution < 1.29 is 13.2 Å². The van der Waals surface area contributed by atoms with Crippen molar-refractivity contribution in [3.8, 4) is 5.75 Å². The molecule has 2 atom stereocenters. The van der Waals surface area contributed by atoms with Crippen LogP contribution in [0.15, 0.2) is 17.0 Å². The van der Waals surface area contributed by atoms with Crippen molar-refractivity contribution in [1.82, 2.24) is 10.0 Å². The van der Waals surface area contributed by atoms with Crippen LogP contribution < -0.4 is 14.8 Å². The highest BCUT2D eigenvalue weighted by molar-refractivity contribution is 7.89. The Morgan fingerprint density at radius 3 is 2.59 bits per heavy atom. The van der Waals surface area contributed by atoms with E-state index in [0.717, 1.165) is 30.5 Å². The van der Waals surface area contributed by atoms with Crippen LogP contribution in [0.25, 0.3) is 0 Å². The Morgan fingerprint density at radius 1 is 1.32 bits per heavy atom. The first kappa shape index (κ1) is 19.2. The van der Waals surface area contributed by atoms with Crippen LogP contribution >= 0.6 is 12.4 Å².